The maximum absolute atomic E-state index is 12.9. The fourth-order valence-electron chi connectivity index (χ4n) is 3.56. The largest absolute Gasteiger partial charge is 0.493 e. The van der Waals surface area contributed by atoms with Crippen LogP contribution in [0.1, 0.15) is 5.56 Å². The van der Waals surface area contributed by atoms with Crippen molar-refractivity contribution in [2.45, 2.75) is 11.6 Å². The average molecular weight is 490 g/mol. The molecule has 2 heterocycles. The minimum absolute atomic E-state index is 0.0172. The van der Waals surface area contributed by atoms with Crippen LogP contribution in [0.15, 0.2) is 78.2 Å². The fourth-order valence-corrected chi connectivity index (χ4v) is 4.45. The molecule has 9 heteroatoms. The van der Waals surface area contributed by atoms with Gasteiger partial charge in [0.1, 0.15) is 0 Å². The molecule has 0 aliphatic rings. The van der Waals surface area contributed by atoms with Gasteiger partial charge < -0.3 is 14.4 Å². The number of aromatic nitrogens is 4. The molecule has 0 saturated carbocycles. The number of para-hydroxylation sites is 1. The number of thioether (sulfide) groups is 1. The van der Waals surface area contributed by atoms with Gasteiger partial charge in [0.15, 0.2) is 22.5 Å². The van der Waals surface area contributed by atoms with Crippen molar-refractivity contribution < 1.29 is 14.3 Å². The molecule has 0 N–H and O–H groups in total. The topological polar surface area (TPSA) is 82.4 Å². The Morgan fingerprint density at radius 1 is 0.971 bits per heavy atom. The van der Waals surface area contributed by atoms with Crippen LogP contribution in [0.25, 0.3) is 17.1 Å². The van der Waals surface area contributed by atoms with Gasteiger partial charge in [0, 0.05) is 37.2 Å². The first-order valence-electron chi connectivity index (χ1n) is 11.1. The number of nitrogens with zero attached hydrogens (tertiary/aromatic N) is 5. The number of carbonyl (C=O) groups excluding carboxylic acids is 1. The van der Waals surface area contributed by atoms with E-state index in [1.807, 2.05) is 72.3 Å². The fraction of sp³-hybridized carbons (Fsp3) is 0.231. The van der Waals surface area contributed by atoms with E-state index in [9.17, 15) is 4.79 Å². The van der Waals surface area contributed by atoms with E-state index in [-0.39, 0.29) is 11.7 Å². The highest BCUT2D eigenvalue weighted by molar-refractivity contribution is 7.99. The normalized spacial score (nSPS) is 10.7. The number of amides is 1. The van der Waals surface area contributed by atoms with Crippen LogP contribution < -0.4 is 9.47 Å². The van der Waals surface area contributed by atoms with Crippen LogP contribution in [0.4, 0.5) is 0 Å². The second-order valence-electron chi connectivity index (χ2n) is 7.76. The minimum Gasteiger partial charge on any atom is -0.493 e. The predicted molar refractivity (Wildman–Crippen MR) is 136 cm³/mol. The van der Waals surface area contributed by atoms with Crippen molar-refractivity contribution in [3.63, 3.8) is 0 Å². The number of hydrogen-bond acceptors (Lipinski definition) is 7. The molecule has 1 amide bonds. The third-order valence-corrected chi connectivity index (χ3v) is 6.43. The first kappa shape index (κ1) is 24.3. The number of hydrogen-bond donors (Lipinski definition) is 0. The van der Waals surface area contributed by atoms with E-state index in [0.717, 1.165) is 16.8 Å². The monoisotopic (exact) mass is 489 g/mol. The number of rotatable bonds is 10. The highest BCUT2D eigenvalue weighted by Gasteiger charge is 2.18. The molecule has 4 rings (SSSR count). The second kappa shape index (κ2) is 11.5. The molecule has 4 aromatic rings. The van der Waals surface area contributed by atoms with Crippen LogP contribution in [-0.4, -0.2) is 64.1 Å². The molecule has 0 aliphatic carbocycles. The molecule has 2 aromatic carbocycles. The summed E-state index contributed by atoms with van der Waals surface area (Å²) in [6, 6.07) is 19.5. The lowest BCUT2D eigenvalue weighted by molar-refractivity contribution is -0.127. The lowest BCUT2D eigenvalue weighted by atomic mass is 10.1. The summed E-state index contributed by atoms with van der Waals surface area (Å²) < 4.78 is 12.6. The van der Waals surface area contributed by atoms with Gasteiger partial charge in [-0.25, -0.2) is 0 Å². The van der Waals surface area contributed by atoms with E-state index in [4.69, 9.17) is 9.47 Å². The third kappa shape index (κ3) is 5.81. The van der Waals surface area contributed by atoms with E-state index >= 15 is 0 Å². The van der Waals surface area contributed by atoms with E-state index in [1.165, 1.54) is 11.8 Å². The summed E-state index contributed by atoms with van der Waals surface area (Å²) in [6.45, 7) is 0.586. The highest BCUT2D eigenvalue weighted by Crippen LogP contribution is 2.29. The van der Waals surface area contributed by atoms with Gasteiger partial charge in [-0.3, -0.25) is 14.3 Å². The van der Waals surface area contributed by atoms with Crippen molar-refractivity contribution in [3.8, 4) is 28.6 Å². The third-order valence-electron chi connectivity index (χ3n) is 5.52. The molecule has 0 spiro atoms. The van der Waals surface area contributed by atoms with Crippen LogP contribution in [0.3, 0.4) is 0 Å². The van der Waals surface area contributed by atoms with Gasteiger partial charge in [-0.2, -0.15) is 0 Å². The molecular weight excluding hydrogens is 462 g/mol. The Morgan fingerprint density at radius 2 is 1.71 bits per heavy atom. The van der Waals surface area contributed by atoms with Crippen molar-refractivity contribution in [2.24, 2.45) is 0 Å². The van der Waals surface area contributed by atoms with Crippen molar-refractivity contribution >= 4 is 17.7 Å². The van der Waals surface area contributed by atoms with Crippen molar-refractivity contribution in [1.82, 2.24) is 24.6 Å². The SMILES string of the molecule is COc1ccc(CCN(C)C(=O)CSc2nnc(-c3ccncc3)n2-c2ccccc2)cc1OC. The van der Waals surface area contributed by atoms with Crippen molar-refractivity contribution in [3.05, 3.63) is 78.6 Å². The molecular formula is C26H27N5O3S. The number of carbonyl (C=O) groups is 1. The number of likely N-dealkylation sites (N-methyl/N-ethyl adjacent to an activating group) is 1. The summed E-state index contributed by atoms with van der Waals surface area (Å²) in [5, 5.41) is 9.45. The Bertz CT molecular complexity index is 1260. The lowest BCUT2D eigenvalue weighted by Crippen LogP contribution is -2.30. The second-order valence-corrected chi connectivity index (χ2v) is 8.70. The van der Waals surface area contributed by atoms with Gasteiger partial charge in [-0.05, 0) is 48.4 Å². The average Bonchev–Trinajstić information content (AvgIpc) is 3.35. The van der Waals surface area contributed by atoms with Crippen LogP contribution in [0.5, 0.6) is 11.5 Å². The Balaban J connectivity index is 1.44. The summed E-state index contributed by atoms with van der Waals surface area (Å²) in [4.78, 5) is 18.7. The molecule has 8 nitrogen and oxygen atoms in total. The van der Waals surface area contributed by atoms with Gasteiger partial charge in [0.25, 0.3) is 0 Å². The van der Waals surface area contributed by atoms with E-state index < -0.39 is 0 Å². The molecule has 0 aliphatic heterocycles. The van der Waals surface area contributed by atoms with Gasteiger partial charge >= 0.3 is 0 Å². The minimum atomic E-state index is 0.0172. The molecule has 2 aromatic heterocycles. The Morgan fingerprint density at radius 3 is 2.43 bits per heavy atom. The van der Waals surface area contributed by atoms with E-state index in [1.54, 1.807) is 31.5 Å². The summed E-state index contributed by atoms with van der Waals surface area (Å²) >= 11 is 1.37. The summed E-state index contributed by atoms with van der Waals surface area (Å²) in [5.74, 6) is 2.34. The van der Waals surface area contributed by atoms with Gasteiger partial charge in [-0.1, -0.05) is 36.0 Å². The summed E-state index contributed by atoms with van der Waals surface area (Å²) in [6.07, 6.45) is 4.16. The maximum Gasteiger partial charge on any atom is 0.232 e. The predicted octanol–water partition coefficient (Wildman–Crippen LogP) is 4.14. The Kier molecular flexibility index (Phi) is 7.99. The van der Waals surface area contributed by atoms with Gasteiger partial charge in [0.05, 0.1) is 20.0 Å². The quantitative estimate of drug-likeness (QED) is 0.310. The molecule has 0 radical (unpaired) electrons. The lowest BCUT2D eigenvalue weighted by Gasteiger charge is -2.17. The van der Waals surface area contributed by atoms with E-state index in [0.29, 0.717) is 35.4 Å². The first-order chi connectivity index (χ1) is 17.1. The zero-order valence-electron chi connectivity index (χ0n) is 19.9. The van der Waals surface area contributed by atoms with Crippen molar-refractivity contribution in [1.29, 1.82) is 0 Å². The van der Waals surface area contributed by atoms with Gasteiger partial charge in [-0.15, -0.1) is 10.2 Å². The van der Waals surface area contributed by atoms with Crippen LogP contribution in [-0.2, 0) is 11.2 Å². The molecule has 0 bridgehead atoms. The zero-order chi connectivity index (χ0) is 24.6. The van der Waals surface area contributed by atoms with Crippen LogP contribution >= 0.6 is 11.8 Å². The summed E-state index contributed by atoms with van der Waals surface area (Å²) in [7, 11) is 5.04. The number of benzene rings is 2. The Hall–Kier alpha value is -3.85. The molecule has 0 unspecified atom stereocenters. The number of methoxy groups -OCH3 is 2. The number of pyridine rings is 1. The summed E-state index contributed by atoms with van der Waals surface area (Å²) in [5.41, 5.74) is 2.91. The number of ether oxygens (including phenoxy) is 2. The molecule has 35 heavy (non-hydrogen) atoms. The highest BCUT2D eigenvalue weighted by atomic mass is 32.2. The standard InChI is InChI=1S/C26H27N5O3S/c1-30(16-13-19-9-10-22(33-2)23(17-19)34-3)24(32)18-35-26-29-28-25(20-11-14-27-15-12-20)31(26)21-7-5-4-6-8-21/h4-12,14-15,17H,13,16,18H2,1-3H3. The first-order valence-corrected chi connectivity index (χ1v) is 12.1. The Labute approximate surface area is 208 Å². The molecule has 0 fully saturated rings. The van der Waals surface area contributed by atoms with Gasteiger partial charge in [0.2, 0.25) is 5.91 Å². The molecule has 0 saturated heterocycles. The van der Waals surface area contributed by atoms with Crippen molar-refractivity contribution in [2.75, 3.05) is 33.6 Å². The smallest absolute Gasteiger partial charge is 0.232 e. The molecule has 180 valence electrons. The van der Waals surface area contributed by atoms with E-state index in [2.05, 4.69) is 15.2 Å². The maximum atomic E-state index is 12.9. The molecule has 0 atom stereocenters. The van der Waals surface area contributed by atoms with Crippen LogP contribution in [0.2, 0.25) is 0 Å². The van der Waals surface area contributed by atoms with Crippen LogP contribution in [0, 0.1) is 0 Å². The zero-order valence-corrected chi connectivity index (χ0v) is 20.7.